The predicted octanol–water partition coefficient (Wildman–Crippen LogP) is 3.11. The fraction of sp³-hybridized carbons (Fsp3) is 0.417. The van der Waals surface area contributed by atoms with Gasteiger partial charge in [0.2, 0.25) is 11.7 Å². The molecule has 2 heterocycles. The van der Waals surface area contributed by atoms with Crippen LogP contribution in [-0.4, -0.2) is 20.7 Å². The molecule has 2 rings (SSSR count). The Balaban J connectivity index is 2.16. The molecular weight excluding hydrogens is 287 g/mol. The van der Waals surface area contributed by atoms with Crippen LogP contribution in [0.1, 0.15) is 26.2 Å². The van der Waals surface area contributed by atoms with Gasteiger partial charge in [0.15, 0.2) is 0 Å². The highest BCUT2D eigenvalue weighted by Crippen LogP contribution is 2.26. The summed E-state index contributed by atoms with van der Waals surface area (Å²) in [6.45, 7) is 3.89. The Labute approximate surface area is 121 Å². The van der Waals surface area contributed by atoms with E-state index >= 15 is 0 Å². The molecule has 2 aromatic rings. The molecule has 7 heteroatoms. The van der Waals surface area contributed by atoms with Crippen LogP contribution < -0.4 is 5.73 Å². The number of nitrogens with zero attached hydrogens (tertiary/aromatic N) is 3. The maximum atomic E-state index is 6.03. The summed E-state index contributed by atoms with van der Waals surface area (Å²) in [4.78, 5) is 8.35. The van der Waals surface area contributed by atoms with E-state index in [0.29, 0.717) is 33.9 Å². The zero-order valence-electron chi connectivity index (χ0n) is 10.7. The zero-order valence-corrected chi connectivity index (χ0v) is 12.2. The third-order valence-electron chi connectivity index (χ3n) is 2.47. The van der Waals surface area contributed by atoms with Crippen molar-refractivity contribution in [2.45, 2.75) is 32.2 Å². The van der Waals surface area contributed by atoms with Crippen molar-refractivity contribution >= 4 is 23.2 Å². The Kier molecular flexibility index (Phi) is 4.08. The van der Waals surface area contributed by atoms with Gasteiger partial charge in [-0.2, -0.15) is 4.98 Å². The van der Waals surface area contributed by atoms with Gasteiger partial charge < -0.3 is 10.3 Å². The van der Waals surface area contributed by atoms with Crippen LogP contribution in [0.25, 0.3) is 11.5 Å². The molecule has 0 unspecified atom stereocenters. The molecule has 0 atom stereocenters. The van der Waals surface area contributed by atoms with Gasteiger partial charge in [-0.1, -0.05) is 28.4 Å². The first-order chi connectivity index (χ1) is 8.85. The van der Waals surface area contributed by atoms with E-state index in [-0.39, 0.29) is 5.54 Å². The number of pyridine rings is 1. The number of rotatable bonds is 4. The summed E-state index contributed by atoms with van der Waals surface area (Å²) in [7, 11) is 0. The number of halogens is 2. The molecule has 0 bridgehead atoms. The molecule has 0 amide bonds. The summed E-state index contributed by atoms with van der Waals surface area (Å²) < 4.78 is 5.15. The molecule has 102 valence electrons. The number of nitrogens with two attached hydrogens (primary N) is 1. The monoisotopic (exact) mass is 300 g/mol. The molecule has 0 aliphatic carbocycles. The zero-order chi connectivity index (χ0) is 14.0. The summed E-state index contributed by atoms with van der Waals surface area (Å²) in [6, 6.07) is 1.59. The standard InChI is InChI=1S/C12H14Cl2N4O/c1-12(2,15)4-3-9-17-11(18-19-9)10-8(14)5-7(13)6-16-10/h5-6H,3-4,15H2,1-2H3. The Morgan fingerprint density at radius 1 is 1.37 bits per heavy atom. The van der Waals surface area contributed by atoms with Crippen LogP contribution in [0.4, 0.5) is 0 Å². The largest absolute Gasteiger partial charge is 0.339 e. The second-order valence-corrected chi connectivity index (χ2v) is 5.83. The van der Waals surface area contributed by atoms with Gasteiger partial charge in [-0.05, 0) is 26.3 Å². The first kappa shape index (κ1) is 14.2. The Hall–Kier alpha value is -1.17. The average Bonchev–Trinajstić information content (AvgIpc) is 2.74. The number of hydrogen-bond acceptors (Lipinski definition) is 5. The van der Waals surface area contributed by atoms with Crippen molar-refractivity contribution < 1.29 is 4.52 Å². The van der Waals surface area contributed by atoms with E-state index in [2.05, 4.69) is 15.1 Å². The van der Waals surface area contributed by atoms with E-state index in [1.54, 1.807) is 6.07 Å². The molecule has 2 N–H and O–H groups in total. The van der Waals surface area contributed by atoms with Gasteiger partial charge in [0.05, 0.1) is 10.0 Å². The number of aryl methyl sites for hydroxylation is 1. The Morgan fingerprint density at radius 3 is 2.74 bits per heavy atom. The molecule has 19 heavy (non-hydrogen) atoms. The molecule has 0 aromatic carbocycles. The van der Waals surface area contributed by atoms with Crippen LogP contribution in [-0.2, 0) is 6.42 Å². The van der Waals surface area contributed by atoms with Gasteiger partial charge >= 0.3 is 0 Å². The van der Waals surface area contributed by atoms with Gasteiger partial charge in [0.1, 0.15) is 5.69 Å². The van der Waals surface area contributed by atoms with Gasteiger partial charge in [-0.15, -0.1) is 0 Å². The first-order valence-corrected chi connectivity index (χ1v) is 6.54. The smallest absolute Gasteiger partial charge is 0.227 e. The van der Waals surface area contributed by atoms with E-state index in [1.165, 1.54) is 6.20 Å². The molecule has 0 saturated heterocycles. The van der Waals surface area contributed by atoms with Crippen LogP contribution >= 0.6 is 23.2 Å². The third-order valence-corrected chi connectivity index (χ3v) is 2.97. The molecule has 0 spiro atoms. The maximum absolute atomic E-state index is 6.03. The fourth-order valence-corrected chi connectivity index (χ4v) is 1.93. The Morgan fingerprint density at radius 2 is 2.11 bits per heavy atom. The van der Waals surface area contributed by atoms with E-state index in [4.69, 9.17) is 33.5 Å². The fourth-order valence-electron chi connectivity index (χ4n) is 1.46. The van der Waals surface area contributed by atoms with E-state index in [0.717, 1.165) is 6.42 Å². The van der Waals surface area contributed by atoms with E-state index in [1.807, 2.05) is 13.8 Å². The average molecular weight is 301 g/mol. The highest BCUT2D eigenvalue weighted by atomic mass is 35.5. The van der Waals surface area contributed by atoms with Gasteiger partial charge in [-0.25, -0.2) is 4.98 Å². The summed E-state index contributed by atoms with van der Waals surface area (Å²) in [5.74, 6) is 0.868. The van der Waals surface area contributed by atoms with Crippen LogP contribution in [0.5, 0.6) is 0 Å². The second kappa shape index (κ2) is 5.45. The van der Waals surface area contributed by atoms with Crippen molar-refractivity contribution in [1.82, 2.24) is 15.1 Å². The van der Waals surface area contributed by atoms with Crippen LogP contribution in [0.2, 0.25) is 10.0 Å². The summed E-state index contributed by atoms with van der Waals surface area (Å²) in [5, 5.41) is 4.71. The van der Waals surface area contributed by atoms with Crippen molar-refractivity contribution in [2.24, 2.45) is 5.73 Å². The summed E-state index contributed by atoms with van der Waals surface area (Å²) >= 11 is 11.8. The van der Waals surface area contributed by atoms with E-state index < -0.39 is 0 Å². The molecular formula is C12H14Cl2N4O. The second-order valence-electron chi connectivity index (χ2n) is 4.98. The van der Waals surface area contributed by atoms with Crippen molar-refractivity contribution in [1.29, 1.82) is 0 Å². The quantitative estimate of drug-likeness (QED) is 0.938. The topological polar surface area (TPSA) is 77.8 Å². The Bertz CT molecular complexity index is 577. The minimum Gasteiger partial charge on any atom is -0.339 e. The van der Waals surface area contributed by atoms with Gasteiger partial charge in [0, 0.05) is 18.2 Å². The summed E-state index contributed by atoms with van der Waals surface area (Å²) in [6.07, 6.45) is 2.85. The lowest BCUT2D eigenvalue weighted by molar-refractivity contribution is 0.358. The van der Waals surface area contributed by atoms with E-state index in [9.17, 15) is 0 Å². The van der Waals surface area contributed by atoms with Crippen LogP contribution in [0, 0.1) is 0 Å². The lowest BCUT2D eigenvalue weighted by atomic mass is 10.0. The lowest BCUT2D eigenvalue weighted by Crippen LogP contribution is -2.32. The summed E-state index contributed by atoms with van der Waals surface area (Å²) in [5.41, 5.74) is 6.08. The normalized spacial score (nSPS) is 11.8. The molecule has 0 radical (unpaired) electrons. The molecule has 0 aliphatic rings. The molecule has 0 saturated carbocycles. The number of hydrogen-bond donors (Lipinski definition) is 1. The molecule has 0 fully saturated rings. The third kappa shape index (κ3) is 3.89. The minimum absolute atomic E-state index is 0.273. The van der Waals surface area contributed by atoms with Gasteiger partial charge in [-0.3, -0.25) is 0 Å². The highest BCUT2D eigenvalue weighted by molar-refractivity contribution is 6.35. The number of aromatic nitrogens is 3. The molecule has 2 aromatic heterocycles. The minimum atomic E-state index is -0.273. The van der Waals surface area contributed by atoms with Crippen molar-refractivity contribution in [2.75, 3.05) is 0 Å². The first-order valence-electron chi connectivity index (χ1n) is 5.78. The van der Waals surface area contributed by atoms with Crippen LogP contribution in [0.15, 0.2) is 16.8 Å². The van der Waals surface area contributed by atoms with Gasteiger partial charge in [0.25, 0.3) is 0 Å². The maximum Gasteiger partial charge on any atom is 0.227 e. The SMILES string of the molecule is CC(C)(N)CCc1nc(-c2ncc(Cl)cc2Cl)no1. The van der Waals surface area contributed by atoms with Crippen molar-refractivity contribution in [3.05, 3.63) is 28.2 Å². The van der Waals surface area contributed by atoms with Crippen molar-refractivity contribution in [3.63, 3.8) is 0 Å². The molecule has 5 nitrogen and oxygen atoms in total. The lowest BCUT2D eigenvalue weighted by Gasteiger charge is -2.16. The van der Waals surface area contributed by atoms with Crippen molar-refractivity contribution in [3.8, 4) is 11.5 Å². The highest BCUT2D eigenvalue weighted by Gasteiger charge is 2.16. The predicted molar refractivity (Wildman–Crippen MR) is 74.1 cm³/mol. The van der Waals surface area contributed by atoms with Crippen LogP contribution in [0.3, 0.4) is 0 Å². The molecule has 0 aliphatic heterocycles.